The predicted octanol–water partition coefficient (Wildman–Crippen LogP) is 2.35. The molecule has 0 aromatic heterocycles. The molecule has 0 radical (unpaired) electrons. The number of carbonyl (C=O) groups excluding carboxylic acids is 1. The number of carbonyl (C=O) groups is 1. The third kappa shape index (κ3) is 4.52. The lowest BCUT2D eigenvalue weighted by molar-refractivity contribution is 0.0662. The Labute approximate surface area is 132 Å². The Bertz CT molecular complexity index is 497. The largest absolute Gasteiger partial charge is 0.394 e. The molecule has 1 fully saturated rings. The fourth-order valence-electron chi connectivity index (χ4n) is 2.52. The minimum absolute atomic E-state index is 0.0963. The van der Waals surface area contributed by atoms with E-state index in [1.54, 1.807) is 13.0 Å². The second-order valence-corrected chi connectivity index (χ2v) is 5.66. The van der Waals surface area contributed by atoms with Crippen molar-refractivity contribution in [1.82, 2.24) is 10.2 Å². The summed E-state index contributed by atoms with van der Waals surface area (Å²) in [7, 11) is 2.01. The van der Waals surface area contributed by atoms with Gasteiger partial charge in [0.2, 0.25) is 0 Å². The zero-order chi connectivity index (χ0) is 16.8. The first kappa shape index (κ1) is 18.6. The minimum atomic E-state index is -0.595. The zero-order valence-electron chi connectivity index (χ0n) is 13.9. The van der Waals surface area contributed by atoms with E-state index in [4.69, 9.17) is 0 Å². The van der Waals surface area contributed by atoms with Gasteiger partial charge in [-0.3, -0.25) is 4.79 Å². The average Bonchev–Trinajstić information content (AvgIpc) is 2.54. The Morgan fingerprint density at radius 2 is 1.95 bits per heavy atom. The van der Waals surface area contributed by atoms with Gasteiger partial charge >= 0.3 is 0 Å². The maximum atomic E-state index is 13.3. The van der Waals surface area contributed by atoms with Crippen molar-refractivity contribution in [3.8, 4) is 0 Å². The van der Waals surface area contributed by atoms with Crippen molar-refractivity contribution in [3.05, 3.63) is 35.1 Å². The second kappa shape index (κ2) is 8.25. The Hall–Kier alpha value is -1.46. The van der Waals surface area contributed by atoms with Crippen molar-refractivity contribution >= 4 is 5.91 Å². The highest BCUT2D eigenvalue weighted by Crippen LogP contribution is 2.22. The van der Waals surface area contributed by atoms with Crippen molar-refractivity contribution in [1.29, 1.82) is 0 Å². The molecule has 1 heterocycles. The van der Waals surface area contributed by atoms with Crippen LogP contribution in [0.15, 0.2) is 18.2 Å². The number of piperidine rings is 1. The Kier molecular flexibility index (Phi) is 6.97. The summed E-state index contributed by atoms with van der Waals surface area (Å²) < 4.78 is 13.3. The summed E-state index contributed by atoms with van der Waals surface area (Å²) in [6.45, 7) is 7.32. The second-order valence-electron chi connectivity index (χ2n) is 5.66. The summed E-state index contributed by atoms with van der Waals surface area (Å²) in [6, 6.07) is 4.17. The number of likely N-dealkylation sites (tertiary alicyclic amines) is 1. The number of aliphatic hydroxyl groups is 1. The molecular formula is C17H27FN2O2. The first-order chi connectivity index (χ1) is 10.5. The van der Waals surface area contributed by atoms with Gasteiger partial charge in [0.25, 0.3) is 5.91 Å². The van der Waals surface area contributed by atoms with Gasteiger partial charge in [-0.25, -0.2) is 4.39 Å². The van der Waals surface area contributed by atoms with Crippen LogP contribution in [0.2, 0.25) is 0 Å². The molecule has 22 heavy (non-hydrogen) atoms. The van der Waals surface area contributed by atoms with Crippen molar-refractivity contribution in [2.24, 2.45) is 0 Å². The normalized spacial score (nSPS) is 17.4. The number of aryl methyl sites for hydroxylation is 1. The summed E-state index contributed by atoms with van der Waals surface area (Å²) in [6.07, 6.45) is 1.39. The summed E-state index contributed by atoms with van der Waals surface area (Å²) >= 11 is 0. The van der Waals surface area contributed by atoms with Crippen LogP contribution in [0, 0.1) is 12.7 Å². The van der Waals surface area contributed by atoms with Gasteiger partial charge in [0, 0.05) is 18.7 Å². The topological polar surface area (TPSA) is 52.6 Å². The Balaban J connectivity index is 0.00000116. The Morgan fingerprint density at radius 1 is 1.36 bits per heavy atom. The highest BCUT2D eigenvalue weighted by Gasteiger charge is 2.35. The van der Waals surface area contributed by atoms with E-state index < -0.39 is 11.4 Å². The molecule has 1 saturated heterocycles. The third-order valence-electron chi connectivity index (χ3n) is 4.07. The van der Waals surface area contributed by atoms with Crippen LogP contribution in [0.3, 0.4) is 0 Å². The number of benzene rings is 1. The zero-order valence-corrected chi connectivity index (χ0v) is 13.9. The van der Waals surface area contributed by atoms with E-state index in [-0.39, 0.29) is 12.5 Å². The summed E-state index contributed by atoms with van der Waals surface area (Å²) in [4.78, 5) is 14.5. The number of amides is 1. The van der Waals surface area contributed by atoms with E-state index in [1.165, 1.54) is 12.1 Å². The maximum Gasteiger partial charge on any atom is 0.252 e. The molecule has 2 N–H and O–H groups in total. The number of hydrogen-bond donors (Lipinski definition) is 2. The fourth-order valence-corrected chi connectivity index (χ4v) is 2.52. The van der Waals surface area contributed by atoms with Gasteiger partial charge in [-0.1, -0.05) is 19.9 Å². The van der Waals surface area contributed by atoms with Crippen LogP contribution in [-0.2, 0) is 0 Å². The van der Waals surface area contributed by atoms with E-state index in [9.17, 15) is 14.3 Å². The van der Waals surface area contributed by atoms with Gasteiger partial charge in [-0.15, -0.1) is 0 Å². The average molecular weight is 310 g/mol. The molecular weight excluding hydrogens is 283 g/mol. The molecule has 4 nitrogen and oxygen atoms in total. The van der Waals surface area contributed by atoms with Crippen LogP contribution in [0.4, 0.5) is 4.39 Å². The first-order valence-corrected chi connectivity index (χ1v) is 7.84. The van der Waals surface area contributed by atoms with Crippen LogP contribution < -0.4 is 5.32 Å². The standard InChI is InChI=1S/C15H21FN2O2.C2H6/c1-11-3-4-12(16)9-13(11)14(20)17-15(10-19)5-7-18(2)8-6-15;1-2/h3-4,9,19H,5-8,10H2,1-2H3,(H,17,20);1-2H3. The van der Waals surface area contributed by atoms with E-state index in [2.05, 4.69) is 10.2 Å². The number of hydrogen-bond acceptors (Lipinski definition) is 3. The number of aliphatic hydroxyl groups excluding tert-OH is 1. The van der Waals surface area contributed by atoms with Crippen LogP contribution >= 0.6 is 0 Å². The molecule has 1 aliphatic rings. The van der Waals surface area contributed by atoms with E-state index in [0.29, 0.717) is 18.4 Å². The SMILES string of the molecule is CC.Cc1ccc(F)cc1C(=O)NC1(CO)CCN(C)CC1. The quantitative estimate of drug-likeness (QED) is 0.901. The number of halogens is 1. The van der Waals surface area contributed by atoms with Gasteiger partial charge in [0.15, 0.2) is 0 Å². The molecule has 1 aliphatic heterocycles. The summed E-state index contributed by atoms with van der Waals surface area (Å²) in [5, 5.41) is 12.5. The molecule has 0 saturated carbocycles. The molecule has 124 valence electrons. The van der Waals surface area contributed by atoms with Crippen LogP contribution in [0.5, 0.6) is 0 Å². The minimum Gasteiger partial charge on any atom is -0.394 e. The number of rotatable bonds is 3. The molecule has 0 unspecified atom stereocenters. The van der Waals surface area contributed by atoms with Gasteiger partial charge < -0.3 is 15.3 Å². The molecule has 5 heteroatoms. The molecule has 0 atom stereocenters. The van der Waals surface area contributed by atoms with Gasteiger partial charge in [0.1, 0.15) is 5.82 Å². The number of nitrogens with one attached hydrogen (secondary N) is 1. The molecule has 1 aromatic rings. The monoisotopic (exact) mass is 310 g/mol. The van der Waals surface area contributed by atoms with Crippen molar-refractivity contribution in [2.45, 2.75) is 39.2 Å². The van der Waals surface area contributed by atoms with Crippen molar-refractivity contribution in [2.75, 3.05) is 26.7 Å². The van der Waals surface area contributed by atoms with Gasteiger partial charge in [0.05, 0.1) is 12.1 Å². The smallest absolute Gasteiger partial charge is 0.252 e. The van der Waals surface area contributed by atoms with Gasteiger partial charge in [-0.2, -0.15) is 0 Å². The highest BCUT2D eigenvalue weighted by molar-refractivity contribution is 5.96. The van der Waals surface area contributed by atoms with Crippen LogP contribution in [-0.4, -0.2) is 48.2 Å². The van der Waals surface area contributed by atoms with E-state index in [0.717, 1.165) is 18.7 Å². The van der Waals surface area contributed by atoms with Crippen molar-refractivity contribution < 1.29 is 14.3 Å². The molecule has 0 aliphatic carbocycles. The first-order valence-electron chi connectivity index (χ1n) is 7.84. The van der Waals surface area contributed by atoms with Crippen LogP contribution in [0.1, 0.15) is 42.6 Å². The molecule has 1 amide bonds. The third-order valence-corrected chi connectivity index (χ3v) is 4.07. The highest BCUT2D eigenvalue weighted by atomic mass is 19.1. The summed E-state index contributed by atoms with van der Waals surface area (Å²) in [5.74, 6) is -0.747. The fraction of sp³-hybridized carbons (Fsp3) is 0.588. The van der Waals surface area contributed by atoms with Gasteiger partial charge in [-0.05, 0) is 44.5 Å². The van der Waals surface area contributed by atoms with Crippen molar-refractivity contribution in [3.63, 3.8) is 0 Å². The maximum absolute atomic E-state index is 13.3. The molecule has 0 bridgehead atoms. The predicted molar refractivity (Wildman–Crippen MR) is 86.5 cm³/mol. The number of nitrogens with zero attached hydrogens (tertiary/aromatic N) is 1. The molecule has 0 spiro atoms. The van der Waals surface area contributed by atoms with E-state index in [1.807, 2.05) is 20.9 Å². The van der Waals surface area contributed by atoms with Crippen LogP contribution in [0.25, 0.3) is 0 Å². The molecule has 1 aromatic carbocycles. The lowest BCUT2D eigenvalue weighted by Gasteiger charge is -2.40. The Morgan fingerprint density at radius 3 is 2.50 bits per heavy atom. The lowest BCUT2D eigenvalue weighted by Crippen LogP contribution is -2.57. The molecule has 2 rings (SSSR count). The lowest BCUT2D eigenvalue weighted by atomic mass is 9.88. The van der Waals surface area contributed by atoms with E-state index >= 15 is 0 Å². The summed E-state index contributed by atoms with van der Waals surface area (Å²) in [5.41, 5.74) is 0.462.